The molecule has 0 aromatic heterocycles. The predicted molar refractivity (Wildman–Crippen MR) is 99.4 cm³/mol. The van der Waals surface area contributed by atoms with Gasteiger partial charge in [-0.3, -0.25) is 9.59 Å². The minimum atomic E-state index is -0.112. The lowest BCUT2D eigenvalue weighted by Crippen LogP contribution is -2.47. The van der Waals surface area contributed by atoms with Gasteiger partial charge in [0.2, 0.25) is 5.91 Å². The fraction of sp³-hybridized carbons (Fsp3) is 0.474. The number of carbonyl (C=O) groups excluding carboxylic acids is 2. The number of amides is 2. The Labute approximate surface area is 150 Å². The molecule has 0 unspecified atom stereocenters. The van der Waals surface area contributed by atoms with Gasteiger partial charge in [0.15, 0.2) is 0 Å². The Kier molecular flexibility index (Phi) is 7.16. The van der Waals surface area contributed by atoms with E-state index in [0.29, 0.717) is 12.1 Å². The van der Waals surface area contributed by atoms with Crippen molar-refractivity contribution in [1.82, 2.24) is 20.0 Å². The minimum absolute atomic E-state index is 0.0790. The standard InChI is InChI=1S/C19H28N4O2/c1-21(2)10-4-5-18(24)20-15-16-6-8-17(9-7-16)19(25)23-13-11-22(3)12-14-23/h4-9H,10-15H2,1-3H3,(H,20,24)/b5-4+. The number of carbonyl (C=O) groups is 2. The van der Waals surface area contributed by atoms with E-state index >= 15 is 0 Å². The molecule has 2 rings (SSSR count). The van der Waals surface area contributed by atoms with Crippen molar-refractivity contribution in [2.24, 2.45) is 0 Å². The topological polar surface area (TPSA) is 55.9 Å². The van der Waals surface area contributed by atoms with Gasteiger partial charge in [0.1, 0.15) is 0 Å². The summed E-state index contributed by atoms with van der Waals surface area (Å²) in [6.45, 7) is 4.55. The number of hydrogen-bond donors (Lipinski definition) is 1. The van der Waals surface area contributed by atoms with E-state index in [4.69, 9.17) is 0 Å². The molecule has 0 aliphatic carbocycles. The third-order valence-electron chi connectivity index (χ3n) is 4.20. The molecule has 1 heterocycles. The number of nitrogens with zero attached hydrogens (tertiary/aromatic N) is 3. The molecule has 1 aromatic rings. The second-order valence-electron chi connectivity index (χ2n) is 6.67. The summed E-state index contributed by atoms with van der Waals surface area (Å²) < 4.78 is 0. The lowest BCUT2D eigenvalue weighted by atomic mass is 10.1. The average Bonchev–Trinajstić information content (AvgIpc) is 2.60. The summed E-state index contributed by atoms with van der Waals surface area (Å²) in [6, 6.07) is 7.47. The van der Waals surface area contributed by atoms with Crippen LogP contribution in [0.4, 0.5) is 0 Å². The van der Waals surface area contributed by atoms with Gasteiger partial charge < -0.3 is 20.0 Å². The predicted octanol–water partition coefficient (Wildman–Crippen LogP) is 0.808. The van der Waals surface area contributed by atoms with Crippen LogP contribution in [0.5, 0.6) is 0 Å². The molecule has 25 heavy (non-hydrogen) atoms. The van der Waals surface area contributed by atoms with Crippen LogP contribution in [0.1, 0.15) is 15.9 Å². The molecule has 2 amide bonds. The normalized spacial score (nSPS) is 15.8. The van der Waals surface area contributed by atoms with Crippen LogP contribution >= 0.6 is 0 Å². The first-order valence-corrected chi connectivity index (χ1v) is 8.61. The zero-order valence-electron chi connectivity index (χ0n) is 15.4. The fourth-order valence-corrected chi connectivity index (χ4v) is 2.58. The van der Waals surface area contributed by atoms with Gasteiger partial charge >= 0.3 is 0 Å². The Morgan fingerprint density at radius 2 is 1.76 bits per heavy atom. The molecule has 0 saturated carbocycles. The van der Waals surface area contributed by atoms with Crippen molar-refractivity contribution in [3.8, 4) is 0 Å². The van der Waals surface area contributed by atoms with E-state index in [0.717, 1.165) is 38.3 Å². The van der Waals surface area contributed by atoms with Gasteiger partial charge in [-0.2, -0.15) is 0 Å². The van der Waals surface area contributed by atoms with Crippen LogP contribution < -0.4 is 5.32 Å². The Bertz CT molecular complexity index is 602. The van der Waals surface area contributed by atoms with Gasteiger partial charge in [-0.15, -0.1) is 0 Å². The maximum absolute atomic E-state index is 12.5. The molecule has 1 aromatic carbocycles. The summed E-state index contributed by atoms with van der Waals surface area (Å²) in [5.41, 5.74) is 1.68. The molecule has 0 atom stereocenters. The quantitative estimate of drug-likeness (QED) is 0.776. The Morgan fingerprint density at radius 1 is 1.12 bits per heavy atom. The summed E-state index contributed by atoms with van der Waals surface area (Å²) in [6.07, 6.45) is 3.37. The van der Waals surface area contributed by atoms with E-state index in [-0.39, 0.29) is 11.8 Å². The molecular formula is C19H28N4O2. The summed E-state index contributed by atoms with van der Waals surface area (Å²) >= 11 is 0. The van der Waals surface area contributed by atoms with Crippen molar-refractivity contribution < 1.29 is 9.59 Å². The van der Waals surface area contributed by atoms with Gasteiger partial charge in [0.25, 0.3) is 5.91 Å². The van der Waals surface area contributed by atoms with Crippen LogP contribution in [0.25, 0.3) is 0 Å². The molecule has 0 radical (unpaired) electrons. The zero-order valence-corrected chi connectivity index (χ0v) is 15.4. The Morgan fingerprint density at radius 3 is 2.36 bits per heavy atom. The number of piperazine rings is 1. The monoisotopic (exact) mass is 344 g/mol. The van der Waals surface area contributed by atoms with Crippen LogP contribution in [-0.4, -0.2) is 80.4 Å². The highest BCUT2D eigenvalue weighted by Crippen LogP contribution is 2.10. The van der Waals surface area contributed by atoms with Crippen LogP contribution in [-0.2, 0) is 11.3 Å². The van der Waals surface area contributed by atoms with Crippen molar-refractivity contribution in [3.05, 3.63) is 47.5 Å². The molecule has 1 aliphatic rings. The van der Waals surface area contributed by atoms with Gasteiger partial charge in [0.05, 0.1) is 0 Å². The molecule has 1 N–H and O–H groups in total. The molecule has 0 bridgehead atoms. The van der Waals surface area contributed by atoms with Crippen LogP contribution in [0, 0.1) is 0 Å². The minimum Gasteiger partial charge on any atom is -0.348 e. The van der Waals surface area contributed by atoms with Crippen LogP contribution in [0.2, 0.25) is 0 Å². The Balaban J connectivity index is 1.82. The van der Waals surface area contributed by atoms with E-state index in [2.05, 4.69) is 17.3 Å². The Hall–Kier alpha value is -2.18. The van der Waals surface area contributed by atoms with Crippen LogP contribution in [0.3, 0.4) is 0 Å². The third-order valence-corrected chi connectivity index (χ3v) is 4.20. The number of rotatable bonds is 6. The summed E-state index contributed by atoms with van der Waals surface area (Å²) in [4.78, 5) is 30.3. The maximum atomic E-state index is 12.5. The zero-order chi connectivity index (χ0) is 18.2. The summed E-state index contributed by atoms with van der Waals surface area (Å²) in [5.74, 6) is -0.0326. The molecule has 6 nitrogen and oxygen atoms in total. The highest BCUT2D eigenvalue weighted by molar-refractivity contribution is 5.94. The molecule has 6 heteroatoms. The molecule has 1 saturated heterocycles. The van der Waals surface area contributed by atoms with E-state index in [1.807, 2.05) is 54.2 Å². The smallest absolute Gasteiger partial charge is 0.253 e. The number of nitrogens with one attached hydrogen (secondary N) is 1. The van der Waals surface area contributed by atoms with E-state index in [9.17, 15) is 9.59 Å². The fourth-order valence-electron chi connectivity index (χ4n) is 2.58. The van der Waals surface area contributed by atoms with Crippen LogP contribution in [0.15, 0.2) is 36.4 Å². The number of hydrogen-bond acceptors (Lipinski definition) is 4. The summed E-state index contributed by atoms with van der Waals surface area (Å²) in [5, 5.41) is 2.84. The van der Waals surface area contributed by atoms with Crippen molar-refractivity contribution in [3.63, 3.8) is 0 Å². The van der Waals surface area contributed by atoms with Gasteiger partial charge in [0, 0.05) is 50.9 Å². The van der Waals surface area contributed by atoms with Crippen molar-refractivity contribution in [1.29, 1.82) is 0 Å². The van der Waals surface area contributed by atoms with E-state index in [1.54, 1.807) is 6.08 Å². The number of likely N-dealkylation sites (N-methyl/N-ethyl adjacent to an activating group) is 2. The molecular weight excluding hydrogens is 316 g/mol. The van der Waals surface area contributed by atoms with Gasteiger partial charge in [-0.05, 0) is 38.8 Å². The third kappa shape index (κ3) is 6.32. The molecule has 1 aliphatic heterocycles. The lowest BCUT2D eigenvalue weighted by molar-refractivity contribution is -0.116. The second kappa shape index (κ2) is 9.34. The van der Waals surface area contributed by atoms with Gasteiger partial charge in [-0.25, -0.2) is 0 Å². The summed E-state index contributed by atoms with van der Waals surface area (Å²) in [7, 11) is 5.97. The van der Waals surface area contributed by atoms with Gasteiger partial charge in [-0.1, -0.05) is 18.2 Å². The lowest BCUT2D eigenvalue weighted by Gasteiger charge is -2.32. The first-order chi connectivity index (χ1) is 12.0. The van der Waals surface area contributed by atoms with Crippen molar-refractivity contribution in [2.75, 3.05) is 53.9 Å². The molecule has 136 valence electrons. The average molecular weight is 344 g/mol. The maximum Gasteiger partial charge on any atom is 0.253 e. The van der Waals surface area contributed by atoms with Crippen molar-refractivity contribution in [2.45, 2.75) is 6.54 Å². The number of benzene rings is 1. The van der Waals surface area contributed by atoms with E-state index < -0.39 is 0 Å². The first-order valence-electron chi connectivity index (χ1n) is 8.61. The highest BCUT2D eigenvalue weighted by Gasteiger charge is 2.20. The molecule has 1 fully saturated rings. The van der Waals surface area contributed by atoms with E-state index in [1.165, 1.54) is 0 Å². The van der Waals surface area contributed by atoms with Crippen molar-refractivity contribution >= 4 is 11.8 Å². The second-order valence-corrected chi connectivity index (χ2v) is 6.67. The highest BCUT2D eigenvalue weighted by atomic mass is 16.2. The first kappa shape index (κ1) is 19.1. The molecule has 0 spiro atoms. The largest absolute Gasteiger partial charge is 0.348 e. The SMILES string of the molecule is CN(C)C/C=C/C(=O)NCc1ccc(C(=O)N2CCN(C)CC2)cc1.